The number of alkyl halides is 4. The number of aryl methyl sites for hydroxylation is 1. The molecule has 0 atom stereocenters. The number of nitro benzene ring substituents is 1. The van der Waals surface area contributed by atoms with Gasteiger partial charge >= 0.3 is 5.51 Å². The van der Waals surface area contributed by atoms with Crippen LogP contribution >= 0.6 is 27.7 Å². The summed E-state index contributed by atoms with van der Waals surface area (Å²) in [4.78, 5) is 10.1. The minimum absolute atomic E-state index is 0.0299. The highest BCUT2D eigenvalue weighted by molar-refractivity contribution is 9.09. The largest absolute Gasteiger partial charge is 0.446 e. The fourth-order valence-corrected chi connectivity index (χ4v) is 2.28. The van der Waals surface area contributed by atoms with Gasteiger partial charge in [0.1, 0.15) is 0 Å². The second-order valence-corrected chi connectivity index (χ2v) is 5.32. The highest BCUT2D eigenvalue weighted by atomic mass is 79.9. The Hall–Kier alpha value is -0.760. The maximum Gasteiger partial charge on any atom is 0.446 e. The van der Waals surface area contributed by atoms with E-state index in [1.165, 1.54) is 6.07 Å². The Bertz CT molecular complexity index is 440. The van der Waals surface area contributed by atoms with Gasteiger partial charge in [-0.15, -0.1) is 0 Å². The van der Waals surface area contributed by atoms with E-state index in [1.54, 1.807) is 0 Å². The number of hydrogen-bond donors (Lipinski definition) is 0. The normalized spacial score (nSPS) is 11.6. The van der Waals surface area contributed by atoms with Crippen molar-refractivity contribution < 1.29 is 18.1 Å². The molecule has 1 aromatic rings. The molecule has 0 aliphatic heterocycles. The molecule has 1 rings (SSSR count). The zero-order valence-electron chi connectivity index (χ0n) is 9.04. The summed E-state index contributed by atoms with van der Waals surface area (Å²) in [5, 5.41) is 11.4. The molecular formula is C10H9BrF3NO2S. The Morgan fingerprint density at radius 1 is 1.39 bits per heavy atom. The van der Waals surface area contributed by atoms with Gasteiger partial charge in [0.2, 0.25) is 0 Å². The lowest BCUT2D eigenvalue weighted by atomic mass is 10.1. The van der Waals surface area contributed by atoms with Gasteiger partial charge in [0.15, 0.2) is 0 Å². The summed E-state index contributed by atoms with van der Waals surface area (Å²) in [6, 6.07) is 3.48. The molecule has 0 radical (unpaired) electrons. The van der Waals surface area contributed by atoms with Gasteiger partial charge in [-0.1, -0.05) is 15.9 Å². The fourth-order valence-electron chi connectivity index (χ4n) is 1.39. The summed E-state index contributed by atoms with van der Waals surface area (Å²) in [5.74, 6) is 0. The third kappa shape index (κ3) is 4.85. The van der Waals surface area contributed by atoms with Crippen LogP contribution in [-0.4, -0.2) is 15.8 Å². The number of nitro groups is 1. The molecule has 0 aromatic heterocycles. The van der Waals surface area contributed by atoms with E-state index in [0.717, 1.165) is 12.1 Å². The summed E-state index contributed by atoms with van der Waals surface area (Å²) in [6.45, 7) is 0. The third-order valence-electron chi connectivity index (χ3n) is 2.06. The SMILES string of the molecule is O=[N+]([O-])c1ccc(SC(F)(F)F)cc1CCCBr. The van der Waals surface area contributed by atoms with Crippen LogP contribution in [0.2, 0.25) is 0 Å². The molecule has 3 nitrogen and oxygen atoms in total. The number of nitrogens with zero attached hydrogens (tertiary/aromatic N) is 1. The lowest BCUT2D eigenvalue weighted by molar-refractivity contribution is -0.385. The van der Waals surface area contributed by atoms with E-state index in [9.17, 15) is 23.3 Å². The van der Waals surface area contributed by atoms with E-state index < -0.39 is 10.4 Å². The second kappa shape index (κ2) is 6.42. The molecule has 0 N–H and O–H groups in total. The topological polar surface area (TPSA) is 43.1 Å². The number of hydrogen-bond acceptors (Lipinski definition) is 3. The van der Waals surface area contributed by atoms with Crippen LogP contribution in [0.15, 0.2) is 23.1 Å². The van der Waals surface area contributed by atoms with Crippen LogP contribution in [0.25, 0.3) is 0 Å². The monoisotopic (exact) mass is 343 g/mol. The fraction of sp³-hybridized carbons (Fsp3) is 0.400. The molecule has 0 aliphatic carbocycles. The molecule has 18 heavy (non-hydrogen) atoms. The van der Waals surface area contributed by atoms with Gasteiger partial charge in [0.25, 0.3) is 5.69 Å². The van der Waals surface area contributed by atoms with Crippen molar-refractivity contribution in [2.45, 2.75) is 23.2 Å². The zero-order valence-corrected chi connectivity index (χ0v) is 11.4. The van der Waals surface area contributed by atoms with Crippen LogP contribution in [0, 0.1) is 10.1 Å². The zero-order chi connectivity index (χ0) is 13.8. The van der Waals surface area contributed by atoms with Crippen molar-refractivity contribution in [3.8, 4) is 0 Å². The van der Waals surface area contributed by atoms with E-state index in [-0.39, 0.29) is 22.3 Å². The van der Waals surface area contributed by atoms with Crippen LogP contribution in [0.4, 0.5) is 18.9 Å². The first-order chi connectivity index (χ1) is 8.33. The molecule has 0 saturated heterocycles. The number of halogens is 4. The van der Waals surface area contributed by atoms with Gasteiger partial charge in [0.05, 0.1) is 4.92 Å². The van der Waals surface area contributed by atoms with Crippen LogP contribution in [-0.2, 0) is 6.42 Å². The Labute approximate surface area is 114 Å². The molecule has 8 heteroatoms. The Morgan fingerprint density at radius 3 is 2.56 bits per heavy atom. The summed E-state index contributed by atoms with van der Waals surface area (Å²) in [6.07, 6.45) is 0.995. The molecule has 0 saturated carbocycles. The van der Waals surface area contributed by atoms with Crippen molar-refractivity contribution in [1.29, 1.82) is 0 Å². The second-order valence-electron chi connectivity index (χ2n) is 3.39. The van der Waals surface area contributed by atoms with E-state index in [2.05, 4.69) is 15.9 Å². The summed E-state index contributed by atoms with van der Waals surface area (Å²) in [7, 11) is 0. The van der Waals surface area contributed by atoms with Crippen molar-refractivity contribution in [3.05, 3.63) is 33.9 Å². The average Bonchev–Trinajstić information content (AvgIpc) is 2.23. The van der Waals surface area contributed by atoms with Crippen LogP contribution in [0.3, 0.4) is 0 Å². The molecule has 0 fully saturated rings. The Morgan fingerprint density at radius 2 is 2.06 bits per heavy atom. The van der Waals surface area contributed by atoms with Gasteiger partial charge in [-0.05, 0) is 36.7 Å². The molecular weight excluding hydrogens is 335 g/mol. The number of rotatable bonds is 5. The molecule has 100 valence electrons. The first kappa shape index (κ1) is 15.3. The van der Waals surface area contributed by atoms with Crippen molar-refractivity contribution in [3.63, 3.8) is 0 Å². The van der Waals surface area contributed by atoms with Crippen LogP contribution < -0.4 is 0 Å². The van der Waals surface area contributed by atoms with Gasteiger partial charge in [-0.25, -0.2) is 0 Å². The standard InChI is InChI=1S/C10H9BrF3NO2S/c11-5-1-2-7-6-8(18-10(12,13)14)3-4-9(7)15(16)17/h3-4,6H,1-2,5H2. The Kier molecular flexibility index (Phi) is 5.46. The summed E-state index contributed by atoms with van der Waals surface area (Å²) in [5.41, 5.74) is -4.20. The highest BCUT2D eigenvalue weighted by Gasteiger charge is 2.30. The van der Waals surface area contributed by atoms with Crippen molar-refractivity contribution >= 4 is 33.4 Å². The first-order valence-electron chi connectivity index (χ1n) is 4.92. The van der Waals surface area contributed by atoms with Crippen molar-refractivity contribution in [2.75, 3.05) is 5.33 Å². The first-order valence-corrected chi connectivity index (χ1v) is 6.86. The van der Waals surface area contributed by atoms with E-state index in [0.29, 0.717) is 23.7 Å². The minimum atomic E-state index is -4.39. The molecule has 0 unspecified atom stereocenters. The third-order valence-corrected chi connectivity index (χ3v) is 3.34. The number of thioether (sulfide) groups is 1. The molecule has 0 amide bonds. The molecule has 0 bridgehead atoms. The van der Waals surface area contributed by atoms with E-state index in [4.69, 9.17) is 0 Å². The predicted molar refractivity (Wildman–Crippen MR) is 67.1 cm³/mol. The summed E-state index contributed by atoms with van der Waals surface area (Å²) < 4.78 is 36.6. The summed E-state index contributed by atoms with van der Waals surface area (Å²) >= 11 is 2.92. The maximum atomic E-state index is 12.2. The van der Waals surface area contributed by atoms with Crippen molar-refractivity contribution in [1.82, 2.24) is 0 Å². The van der Waals surface area contributed by atoms with Crippen LogP contribution in [0.5, 0.6) is 0 Å². The smallest absolute Gasteiger partial charge is 0.258 e. The molecule has 0 spiro atoms. The van der Waals surface area contributed by atoms with Gasteiger partial charge < -0.3 is 0 Å². The Balaban J connectivity index is 3.01. The number of benzene rings is 1. The predicted octanol–water partition coefficient (Wildman–Crippen LogP) is 4.53. The molecule has 1 aromatic carbocycles. The van der Waals surface area contributed by atoms with Crippen LogP contribution in [0.1, 0.15) is 12.0 Å². The van der Waals surface area contributed by atoms with Gasteiger partial charge in [-0.2, -0.15) is 13.2 Å². The maximum absolute atomic E-state index is 12.2. The van der Waals surface area contributed by atoms with Gasteiger partial charge in [0, 0.05) is 21.9 Å². The lowest BCUT2D eigenvalue weighted by Crippen LogP contribution is -2.01. The minimum Gasteiger partial charge on any atom is -0.258 e. The van der Waals surface area contributed by atoms with E-state index in [1.807, 2.05) is 0 Å². The average molecular weight is 344 g/mol. The van der Waals surface area contributed by atoms with E-state index >= 15 is 0 Å². The lowest BCUT2D eigenvalue weighted by Gasteiger charge is -2.08. The highest BCUT2D eigenvalue weighted by Crippen LogP contribution is 2.38. The van der Waals surface area contributed by atoms with Crippen molar-refractivity contribution in [2.24, 2.45) is 0 Å². The molecule has 0 aliphatic rings. The molecule has 0 heterocycles. The quantitative estimate of drug-likeness (QED) is 0.341. The van der Waals surface area contributed by atoms with Gasteiger partial charge in [-0.3, -0.25) is 10.1 Å².